The highest BCUT2D eigenvalue weighted by Gasteiger charge is 2.29. The standard InChI is InChI=1S/C21H23N3O6/c1-14(20(26)23-11-4-6-15-5-2-3-7-19(15)23)30-21(27)17-13-16(24(28)29)8-9-18(17)22-10-12-25/h2-3,5,7-9,13-14,22,25H,4,6,10-12H2,1H3. The molecule has 3 rings (SSSR count). The molecule has 0 bridgehead atoms. The van der Waals surface area contributed by atoms with Crippen LogP contribution in [0.1, 0.15) is 29.3 Å². The van der Waals surface area contributed by atoms with Crippen LogP contribution in [0.5, 0.6) is 0 Å². The highest BCUT2D eigenvalue weighted by atomic mass is 16.6. The van der Waals surface area contributed by atoms with Crippen molar-refractivity contribution in [3.05, 3.63) is 63.7 Å². The van der Waals surface area contributed by atoms with Crippen molar-refractivity contribution in [2.75, 3.05) is 29.9 Å². The number of aliphatic hydroxyl groups excluding tert-OH is 1. The number of nitrogens with one attached hydrogen (secondary N) is 1. The van der Waals surface area contributed by atoms with Gasteiger partial charge in [-0.15, -0.1) is 0 Å². The van der Waals surface area contributed by atoms with Gasteiger partial charge in [0.05, 0.1) is 17.1 Å². The lowest BCUT2D eigenvalue weighted by atomic mass is 10.0. The van der Waals surface area contributed by atoms with Crippen molar-refractivity contribution in [3.63, 3.8) is 0 Å². The molecule has 2 aromatic carbocycles. The van der Waals surface area contributed by atoms with Crippen molar-refractivity contribution in [1.82, 2.24) is 0 Å². The molecule has 2 N–H and O–H groups in total. The van der Waals surface area contributed by atoms with Crippen LogP contribution in [0, 0.1) is 10.1 Å². The fourth-order valence-corrected chi connectivity index (χ4v) is 3.42. The summed E-state index contributed by atoms with van der Waals surface area (Å²) >= 11 is 0. The smallest absolute Gasteiger partial charge is 0.341 e. The van der Waals surface area contributed by atoms with Gasteiger partial charge < -0.3 is 20.1 Å². The first-order chi connectivity index (χ1) is 14.4. The van der Waals surface area contributed by atoms with Crippen molar-refractivity contribution in [1.29, 1.82) is 0 Å². The van der Waals surface area contributed by atoms with Gasteiger partial charge in [0.15, 0.2) is 6.10 Å². The quantitative estimate of drug-likeness (QED) is 0.406. The SMILES string of the molecule is CC(OC(=O)c1cc([N+](=O)[O-])ccc1NCCO)C(=O)N1CCCc2ccccc21. The molecule has 158 valence electrons. The first-order valence-electron chi connectivity index (χ1n) is 9.66. The summed E-state index contributed by atoms with van der Waals surface area (Å²) in [7, 11) is 0. The zero-order chi connectivity index (χ0) is 21.7. The number of rotatable bonds is 7. The molecule has 0 radical (unpaired) electrons. The molecule has 1 aliphatic rings. The maximum Gasteiger partial charge on any atom is 0.341 e. The number of carbonyl (C=O) groups is 2. The number of hydrogen-bond acceptors (Lipinski definition) is 7. The van der Waals surface area contributed by atoms with Crippen LogP contribution in [-0.2, 0) is 16.0 Å². The molecular formula is C21H23N3O6. The molecule has 9 nitrogen and oxygen atoms in total. The number of nitro groups is 1. The summed E-state index contributed by atoms with van der Waals surface area (Å²) in [5.41, 5.74) is 1.79. The molecule has 0 saturated carbocycles. The number of esters is 1. The van der Waals surface area contributed by atoms with E-state index < -0.39 is 17.0 Å². The summed E-state index contributed by atoms with van der Waals surface area (Å²) in [6.45, 7) is 1.97. The Balaban J connectivity index is 1.79. The Labute approximate surface area is 173 Å². The second kappa shape index (κ2) is 9.36. The number of anilines is 2. The fraction of sp³-hybridized carbons (Fsp3) is 0.333. The molecule has 1 atom stereocenters. The van der Waals surface area contributed by atoms with Crippen LogP contribution in [0.4, 0.5) is 17.1 Å². The minimum Gasteiger partial charge on any atom is -0.449 e. The van der Waals surface area contributed by atoms with Crippen molar-refractivity contribution in [2.45, 2.75) is 25.9 Å². The van der Waals surface area contributed by atoms with E-state index in [2.05, 4.69) is 5.32 Å². The zero-order valence-electron chi connectivity index (χ0n) is 16.5. The van der Waals surface area contributed by atoms with E-state index in [1.807, 2.05) is 24.3 Å². The number of amides is 1. The van der Waals surface area contributed by atoms with Crippen LogP contribution in [0.2, 0.25) is 0 Å². The van der Waals surface area contributed by atoms with E-state index in [-0.39, 0.29) is 36.0 Å². The summed E-state index contributed by atoms with van der Waals surface area (Å²) in [6.07, 6.45) is 0.610. The number of fused-ring (bicyclic) bond motifs is 1. The van der Waals surface area contributed by atoms with E-state index in [1.54, 1.807) is 4.90 Å². The van der Waals surface area contributed by atoms with Crippen LogP contribution in [0.3, 0.4) is 0 Å². The van der Waals surface area contributed by atoms with Gasteiger partial charge in [0, 0.05) is 36.6 Å². The highest BCUT2D eigenvalue weighted by molar-refractivity contribution is 6.01. The summed E-state index contributed by atoms with van der Waals surface area (Å²) in [4.78, 5) is 37.8. The maximum atomic E-state index is 13.0. The topological polar surface area (TPSA) is 122 Å². The number of para-hydroxylation sites is 1. The number of aliphatic hydroxyl groups is 1. The Morgan fingerprint density at radius 1 is 1.30 bits per heavy atom. The molecule has 0 spiro atoms. The molecule has 0 aliphatic carbocycles. The minimum atomic E-state index is -1.08. The molecule has 0 aromatic heterocycles. The second-order valence-corrected chi connectivity index (χ2v) is 6.91. The van der Waals surface area contributed by atoms with Crippen molar-refractivity contribution < 1.29 is 24.4 Å². The Bertz CT molecular complexity index is 962. The minimum absolute atomic E-state index is 0.0728. The van der Waals surface area contributed by atoms with Gasteiger partial charge in [-0.2, -0.15) is 0 Å². The fourth-order valence-electron chi connectivity index (χ4n) is 3.42. The number of hydrogen-bond donors (Lipinski definition) is 2. The number of nitrogens with zero attached hydrogens (tertiary/aromatic N) is 2. The predicted molar refractivity (Wildman–Crippen MR) is 111 cm³/mol. The molecule has 30 heavy (non-hydrogen) atoms. The third-order valence-electron chi connectivity index (χ3n) is 4.87. The summed E-state index contributed by atoms with van der Waals surface area (Å²) in [5.74, 6) is -1.21. The lowest BCUT2D eigenvalue weighted by Gasteiger charge is -2.31. The summed E-state index contributed by atoms with van der Waals surface area (Å²) < 4.78 is 5.37. The lowest BCUT2D eigenvalue weighted by Crippen LogP contribution is -2.42. The second-order valence-electron chi connectivity index (χ2n) is 6.91. The first-order valence-corrected chi connectivity index (χ1v) is 9.66. The van der Waals surface area contributed by atoms with Crippen molar-refractivity contribution in [3.8, 4) is 0 Å². The van der Waals surface area contributed by atoms with E-state index in [0.29, 0.717) is 6.54 Å². The van der Waals surface area contributed by atoms with E-state index >= 15 is 0 Å². The van der Waals surface area contributed by atoms with Gasteiger partial charge in [0.1, 0.15) is 0 Å². The zero-order valence-corrected chi connectivity index (χ0v) is 16.5. The van der Waals surface area contributed by atoms with E-state index in [4.69, 9.17) is 9.84 Å². The third kappa shape index (κ3) is 4.57. The molecule has 1 amide bonds. The largest absolute Gasteiger partial charge is 0.449 e. The normalized spacial score (nSPS) is 13.9. The third-order valence-corrected chi connectivity index (χ3v) is 4.87. The van der Waals surface area contributed by atoms with Gasteiger partial charge in [0.25, 0.3) is 11.6 Å². The molecule has 2 aromatic rings. The Kier molecular flexibility index (Phi) is 6.63. The summed E-state index contributed by atoms with van der Waals surface area (Å²) in [6, 6.07) is 11.3. The number of nitro benzene ring substituents is 1. The van der Waals surface area contributed by atoms with Crippen LogP contribution >= 0.6 is 0 Å². The van der Waals surface area contributed by atoms with Crippen LogP contribution in [0.15, 0.2) is 42.5 Å². The molecule has 0 saturated heterocycles. The number of ether oxygens (including phenoxy) is 1. The first kappa shape index (κ1) is 21.3. The van der Waals surface area contributed by atoms with E-state index in [9.17, 15) is 19.7 Å². The average Bonchev–Trinajstić information content (AvgIpc) is 2.76. The van der Waals surface area contributed by atoms with Gasteiger partial charge >= 0.3 is 5.97 Å². The molecular weight excluding hydrogens is 390 g/mol. The van der Waals surface area contributed by atoms with Gasteiger partial charge in [-0.25, -0.2) is 4.79 Å². The number of benzene rings is 2. The molecule has 1 heterocycles. The number of carbonyl (C=O) groups excluding carboxylic acids is 2. The predicted octanol–water partition coefficient (Wildman–Crippen LogP) is 2.52. The maximum absolute atomic E-state index is 13.0. The van der Waals surface area contributed by atoms with E-state index in [1.165, 1.54) is 19.1 Å². The van der Waals surface area contributed by atoms with Gasteiger partial charge in [-0.1, -0.05) is 18.2 Å². The monoisotopic (exact) mass is 413 g/mol. The molecule has 9 heteroatoms. The number of aryl methyl sites for hydroxylation is 1. The van der Waals surface area contributed by atoms with E-state index in [0.717, 1.165) is 30.2 Å². The highest BCUT2D eigenvalue weighted by Crippen LogP contribution is 2.28. The van der Waals surface area contributed by atoms with Gasteiger partial charge in [-0.05, 0) is 37.5 Å². The average molecular weight is 413 g/mol. The van der Waals surface area contributed by atoms with Crippen molar-refractivity contribution >= 4 is 28.9 Å². The Morgan fingerprint density at radius 2 is 2.07 bits per heavy atom. The Morgan fingerprint density at radius 3 is 2.80 bits per heavy atom. The number of non-ortho nitro benzene ring substituents is 1. The van der Waals surface area contributed by atoms with Gasteiger partial charge in [0.2, 0.25) is 0 Å². The Hall–Kier alpha value is -3.46. The van der Waals surface area contributed by atoms with Gasteiger partial charge in [-0.3, -0.25) is 14.9 Å². The van der Waals surface area contributed by atoms with Crippen LogP contribution in [0.25, 0.3) is 0 Å². The molecule has 1 unspecified atom stereocenters. The van der Waals surface area contributed by atoms with Crippen molar-refractivity contribution in [2.24, 2.45) is 0 Å². The van der Waals surface area contributed by atoms with Crippen LogP contribution in [-0.4, -0.2) is 47.7 Å². The lowest BCUT2D eigenvalue weighted by molar-refractivity contribution is -0.384. The summed E-state index contributed by atoms with van der Waals surface area (Å²) in [5, 5.41) is 22.9. The van der Waals surface area contributed by atoms with Crippen LogP contribution < -0.4 is 10.2 Å². The molecule has 0 fully saturated rings. The molecule has 1 aliphatic heterocycles.